The predicted molar refractivity (Wildman–Crippen MR) is 82.0 cm³/mol. The first-order valence-corrected chi connectivity index (χ1v) is 7.99. The molecule has 1 fully saturated rings. The van der Waals surface area contributed by atoms with Gasteiger partial charge in [-0.15, -0.1) is 0 Å². The molecule has 0 spiro atoms. The summed E-state index contributed by atoms with van der Waals surface area (Å²) in [6.45, 7) is 5.95. The fourth-order valence-electron chi connectivity index (χ4n) is 1.65. The molecule has 0 bridgehead atoms. The van der Waals surface area contributed by atoms with Gasteiger partial charge in [0, 0.05) is 12.6 Å². The molecular formula is C14H19Br2NO. The Labute approximate surface area is 126 Å². The third kappa shape index (κ3) is 4.25. The van der Waals surface area contributed by atoms with E-state index in [1.807, 2.05) is 0 Å². The minimum atomic E-state index is 0.528. The zero-order valence-electron chi connectivity index (χ0n) is 10.8. The molecule has 0 aliphatic heterocycles. The van der Waals surface area contributed by atoms with Crippen LogP contribution in [-0.2, 0) is 6.54 Å². The molecule has 1 aromatic carbocycles. The molecule has 18 heavy (non-hydrogen) atoms. The number of hydrogen-bond acceptors (Lipinski definition) is 2. The van der Waals surface area contributed by atoms with Crippen LogP contribution in [0.1, 0.15) is 32.3 Å². The Morgan fingerprint density at radius 1 is 1.28 bits per heavy atom. The second-order valence-corrected chi connectivity index (χ2v) is 6.96. The predicted octanol–water partition coefficient (Wildman–Crippen LogP) is 4.50. The number of halogens is 2. The largest absolute Gasteiger partial charge is 0.491 e. The quantitative estimate of drug-likeness (QED) is 0.789. The molecule has 0 atom stereocenters. The number of benzene rings is 1. The van der Waals surface area contributed by atoms with Crippen LogP contribution in [0.25, 0.3) is 0 Å². The Morgan fingerprint density at radius 2 is 1.89 bits per heavy atom. The monoisotopic (exact) mass is 375 g/mol. The molecule has 1 N–H and O–H groups in total. The molecule has 1 aliphatic rings. The number of rotatable bonds is 6. The van der Waals surface area contributed by atoms with Gasteiger partial charge in [0.1, 0.15) is 5.75 Å². The van der Waals surface area contributed by atoms with Gasteiger partial charge in [0.2, 0.25) is 0 Å². The smallest absolute Gasteiger partial charge is 0.147 e. The van der Waals surface area contributed by atoms with Gasteiger partial charge in [-0.25, -0.2) is 0 Å². The van der Waals surface area contributed by atoms with Crippen molar-refractivity contribution in [2.45, 2.75) is 39.3 Å². The van der Waals surface area contributed by atoms with Gasteiger partial charge in [-0.3, -0.25) is 0 Å². The van der Waals surface area contributed by atoms with Crippen LogP contribution in [0, 0.1) is 5.92 Å². The highest BCUT2D eigenvalue weighted by Gasteiger charge is 2.20. The number of nitrogens with one attached hydrogen (secondary N) is 1. The summed E-state index contributed by atoms with van der Waals surface area (Å²) in [5.74, 6) is 1.43. The first kappa shape index (κ1) is 14.4. The summed E-state index contributed by atoms with van der Waals surface area (Å²) in [6, 6.07) is 5.01. The van der Waals surface area contributed by atoms with Gasteiger partial charge in [0.15, 0.2) is 0 Å². The summed E-state index contributed by atoms with van der Waals surface area (Å²) in [6.07, 6.45) is 2.63. The lowest BCUT2D eigenvalue weighted by Crippen LogP contribution is -2.15. The van der Waals surface area contributed by atoms with Crippen molar-refractivity contribution >= 4 is 31.9 Å². The van der Waals surface area contributed by atoms with Gasteiger partial charge >= 0.3 is 0 Å². The van der Waals surface area contributed by atoms with Crippen LogP contribution in [-0.4, -0.2) is 12.6 Å². The maximum atomic E-state index is 5.81. The summed E-state index contributed by atoms with van der Waals surface area (Å²) >= 11 is 7.18. The standard InChI is InChI=1S/C14H19Br2NO/c1-9(2)8-18-14-12(15)5-10(6-13(14)16)7-17-11-3-4-11/h5-6,9,11,17H,3-4,7-8H2,1-2H3. The minimum Gasteiger partial charge on any atom is -0.491 e. The molecule has 100 valence electrons. The minimum absolute atomic E-state index is 0.528. The lowest BCUT2D eigenvalue weighted by molar-refractivity contribution is 0.268. The molecule has 2 rings (SSSR count). The summed E-state index contributed by atoms with van der Waals surface area (Å²) in [5.41, 5.74) is 1.28. The van der Waals surface area contributed by atoms with Crippen molar-refractivity contribution in [1.29, 1.82) is 0 Å². The zero-order valence-corrected chi connectivity index (χ0v) is 14.0. The van der Waals surface area contributed by atoms with Crippen LogP contribution in [0.5, 0.6) is 5.75 Å². The maximum absolute atomic E-state index is 5.81. The van der Waals surface area contributed by atoms with E-state index in [0.717, 1.165) is 33.9 Å². The second-order valence-electron chi connectivity index (χ2n) is 5.25. The summed E-state index contributed by atoms with van der Waals surface area (Å²) in [4.78, 5) is 0. The molecule has 0 amide bonds. The van der Waals surface area contributed by atoms with Crippen LogP contribution >= 0.6 is 31.9 Å². The Bertz CT molecular complexity index is 393. The summed E-state index contributed by atoms with van der Waals surface area (Å²) in [5, 5.41) is 3.51. The summed E-state index contributed by atoms with van der Waals surface area (Å²) in [7, 11) is 0. The van der Waals surface area contributed by atoms with Crippen molar-refractivity contribution in [2.24, 2.45) is 5.92 Å². The van der Waals surface area contributed by atoms with E-state index in [0.29, 0.717) is 5.92 Å². The molecule has 1 saturated carbocycles. The van der Waals surface area contributed by atoms with Gasteiger partial charge in [0.05, 0.1) is 15.6 Å². The van der Waals surface area contributed by atoms with E-state index in [1.165, 1.54) is 18.4 Å². The van der Waals surface area contributed by atoms with E-state index >= 15 is 0 Å². The van der Waals surface area contributed by atoms with Crippen molar-refractivity contribution < 1.29 is 4.74 Å². The van der Waals surface area contributed by atoms with Crippen LogP contribution in [0.15, 0.2) is 21.1 Å². The molecular weight excluding hydrogens is 358 g/mol. The molecule has 0 heterocycles. The third-order valence-corrected chi connectivity index (χ3v) is 3.97. The summed E-state index contributed by atoms with van der Waals surface area (Å²) < 4.78 is 7.85. The van der Waals surface area contributed by atoms with Crippen molar-refractivity contribution in [3.63, 3.8) is 0 Å². The molecule has 0 aromatic heterocycles. The average Bonchev–Trinajstić information content (AvgIpc) is 3.08. The van der Waals surface area contributed by atoms with Crippen LogP contribution in [0.2, 0.25) is 0 Å². The average molecular weight is 377 g/mol. The highest BCUT2D eigenvalue weighted by molar-refractivity contribution is 9.11. The maximum Gasteiger partial charge on any atom is 0.147 e. The highest BCUT2D eigenvalue weighted by atomic mass is 79.9. The van der Waals surface area contributed by atoms with Gasteiger partial charge in [-0.2, -0.15) is 0 Å². The normalized spacial score (nSPS) is 15.2. The molecule has 0 radical (unpaired) electrons. The molecule has 4 heteroatoms. The fourth-order valence-corrected chi connectivity index (χ4v) is 3.16. The molecule has 0 saturated heterocycles. The first-order valence-electron chi connectivity index (χ1n) is 6.40. The van der Waals surface area contributed by atoms with Crippen molar-refractivity contribution in [1.82, 2.24) is 5.32 Å². The van der Waals surface area contributed by atoms with Crippen LogP contribution < -0.4 is 10.1 Å². The van der Waals surface area contributed by atoms with Gasteiger partial charge < -0.3 is 10.1 Å². The van der Waals surface area contributed by atoms with Gasteiger partial charge in [-0.1, -0.05) is 13.8 Å². The van der Waals surface area contributed by atoms with E-state index in [2.05, 4.69) is 63.2 Å². The number of hydrogen-bond donors (Lipinski definition) is 1. The first-order chi connectivity index (χ1) is 8.56. The van der Waals surface area contributed by atoms with Gasteiger partial charge in [0.25, 0.3) is 0 Å². The molecule has 2 nitrogen and oxygen atoms in total. The van der Waals surface area contributed by atoms with E-state index in [-0.39, 0.29) is 0 Å². The van der Waals surface area contributed by atoms with Gasteiger partial charge in [-0.05, 0) is 68.3 Å². The molecule has 0 unspecified atom stereocenters. The van der Waals surface area contributed by atoms with E-state index < -0.39 is 0 Å². The van der Waals surface area contributed by atoms with Crippen molar-refractivity contribution in [3.8, 4) is 5.75 Å². The van der Waals surface area contributed by atoms with E-state index in [1.54, 1.807) is 0 Å². The van der Waals surface area contributed by atoms with Crippen LogP contribution in [0.4, 0.5) is 0 Å². The van der Waals surface area contributed by atoms with Crippen molar-refractivity contribution in [3.05, 3.63) is 26.6 Å². The zero-order chi connectivity index (χ0) is 13.1. The molecule has 1 aliphatic carbocycles. The van der Waals surface area contributed by atoms with E-state index in [4.69, 9.17) is 4.74 Å². The fraction of sp³-hybridized carbons (Fsp3) is 0.571. The second kappa shape index (κ2) is 6.40. The Morgan fingerprint density at radius 3 is 2.39 bits per heavy atom. The molecule has 1 aromatic rings. The Kier molecular flexibility index (Phi) is 5.10. The third-order valence-electron chi connectivity index (χ3n) is 2.79. The van der Waals surface area contributed by atoms with Crippen molar-refractivity contribution in [2.75, 3.05) is 6.61 Å². The van der Waals surface area contributed by atoms with E-state index in [9.17, 15) is 0 Å². The lowest BCUT2D eigenvalue weighted by Gasteiger charge is -2.14. The SMILES string of the molecule is CC(C)COc1c(Br)cc(CNC2CC2)cc1Br. The Balaban J connectivity index is 2.02. The van der Waals surface area contributed by atoms with Crippen LogP contribution in [0.3, 0.4) is 0 Å². The lowest BCUT2D eigenvalue weighted by atomic mass is 10.2. The topological polar surface area (TPSA) is 21.3 Å². The number of ether oxygens (including phenoxy) is 1. The Hall–Kier alpha value is -0.0600. The highest BCUT2D eigenvalue weighted by Crippen LogP contribution is 2.35.